The van der Waals surface area contributed by atoms with Gasteiger partial charge in [-0.05, 0) is 6.42 Å². The summed E-state index contributed by atoms with van der Waals surface area (Å²) in [6, 6.07) is -0.358. The van der Waals surface area contributed by atoms with E-state index in [9.17, 15) is 10.1 Å². The van der Waals surface area contributed by atoms with Crippen molar-refractivity contribution in [2.24, 2.45) is 0 Å². The Hall–Kier alpha value is -0.600. The number of rotatable bonds is 14. The molecule has 0 saturated carbocycles. The van der Waals surface area contributed by atoms with Gasteiger partial charge in [-0.2, -0.15) is 0 Å². The topological polar surface area (TPSA) is 43.1 Å². The van der Waals surface area contributed by atoms with Gasteiger partial charge in [-0.1, -0.05) is 77.6 Å². The van der Waals surface area contributed by atoms with E-state index in [1.54, 1.807) is 6.92 Å². The fraction of sp³-hybridized carbons (Fsp3) is 1.00. The minimum Gasteiger partial charge on any atom is -0.264 e. The van der Waals surface area contributed by atoms with Crippen LogP contribution in [-0.2, 0) is 0 Å². The third-order valence-electron chi connectivity index (χ3n) is 3.84. The van der Waals surface area contributed by atoms with E-state index in [1.807, 2.05) is 0 Å². The fourth-order valence-corrected chi connectivity index (χ4v) is 2.39. The zero-order valence-corrected chi connectivity index (χ0v) is 13.0. The van der Waals surface area contributed by atoms with Gasteiger partial charge >= 0.3 is 0 Å². The van der Waals surface area contributed by atoms with E-state index in [0.29, 0.717) is 0 Å². The Morgan fingerprint density at radius 2 is 1.16 bits per heavy atom. The number of unbranched alkanes of at least 4 members (excludes halogenated alkanes) is 11. The molecule has 3 nitrogen and oxygen atoms in total. The van der Waals surface area contributed by atoms with Crippen LogP contribution in [0.4, 0.5) is 0 Å². The van der Waals surface area contributed by atoms with Gasteiger partial charge < -0.3 is 0 Å². The summed E-state index contributed by atoms with van der Waals surface area (Å²) in [6.07, 6.45) is 16.5. The van der Waals surface area contributed by atoms with Crippen LogP contribution in [0.25, 0.3) is 0 Å². The monoisotopic (exact) mass is 271 g/mol. The summed E-state index contributed by atoms with van der Waals surface area (Å²) in [5.41, 5.74) is 0. The van der Waals surface area contributed by atoms with E-state index in [2.05, 4.69) is 6.92 Å². The van der Waals surface area contributed by atoms with Gasteiger partial charge in [-0.3, -0.25) is 10.1 Å². The van der Waals surface area contributed by atoms with Crippen LogP contribution in [-0.4, -0.2) is 11.0 Å². The molecule has 0 rings (SSSR count). The number of hydrogen-bond acceptors (Lipinski definition) is 2. The van der Waals surface area contributed by atoms with Crippen molar-refractivity contribution in [2.75, 3.05) is 0 Å². The third-order valence-corrected chi connectivity index (χ3v) is 3.84. The maximum atomic E-state index is 10.4. The third kappa shape index (κ3) is 13.6. The largest absolute Gasteiger partial charge is 0.264 e. The second-order valence-corrected chi connectivity index (χ2v) is 5.81. The van der Waals surface area contributed by atoms with Crippen molar-refractivity contribution >= 4 is 0 Å². The van der Waals surface area contributed by atoms with E-state index in [0.717, 1.165) is 19.3 Å². The summed E-state index contributed by atoms with van der Waals surface area (Å²) in [6.45, 7) is 3.96. The molecule has 0 N–H and O–H groups in total. The van der Waals surface area contributed by atoms with E-state index < -0.39 is 0 Å². The van der Waals surface area contributed by atoms with Gasteiger partial charge in [0.2, 0.25) is 6.04 Å². The van der Waals surface area contributed by atoms with Crippen LogP contribution in [0, 0.1) is 10.1 Å². The van der Waals surface area contributed by atoms with E-state index in [1.165, 1.54) is 64.2 Å². The molecule has 0 bridgehead atoms. The maximum absolute atomic E-state index is 10.4. The molecule has 0 fully saturated rings. The van der Waals surface area contributed by atoms with Gasteiger partial charge in [0.05, 0.1) is 0 Å². The van der Waals surface area contributed by atoms with Crippen LogP contribution in [0.3, 0.4) is 0 Å². The zero-order chi connectivity index (χ0) is 14.3. The Bertz CT molecular complexity index is 207. The lowest BCUT2D eigenvalue weighted by Crippen LogP contribution is -2.14. The first-order valence-corrected chi connectivity index (χ1v) is 8.32. The molecule has 1 atom stereocenters. The smallest absolute Gasteiger partial charge is 0.210 e. The molecule has 3 heteroatoms. The van der Waals surface area contributed by atoms with Crippen molar-refractivity contribution in [3.05, 3.63) is 10.1 Å². The van der Waals surface area contributed by atoms with Crippen LogP contribution in [0.2, 0.25) is 0 Å². The molecule has 0 spiro atoms. The van der Waals surface area contributed by atoms with Gasteiger partial charge in [0.25, 0.3) is 0 Å². The Morgan fingerprint density at radius 3 is 1.53 bits per heavy atom. The molecule has 0 heterocycles. The normalized spacial score (nSPS) is 12.5. The van der Waals surface area contributed by atoms with Crippen molar-refractivity contribution < 1.29 is 4.92 Å². The van der Waals surface area contributed by atoms with Crippen LogP contribution < -0.4 is 0 Å². The molecule has 0 saturated heterocycles. The quantitative estimate of drug-likeness (QED) is 0.229. The number of nitrogens with zero attached hydrogens (tertiary/aromatic N) is 1. The molecule has 0 aliphatic carbocycles. The van der Waals surface area contributed by atoms with Crippen molar-refractivity contribution in [3.8, 4) is 0 Å². The first kappa shape index (κ1) is 18.4. The van der Waals surface area contributed by atoms with Crippen LogP contribution in [0.1, 0.15) is 97.3 Å². The van der Waals surface area contributed by atoms with E-state index in [4.69, 9.17) is 0 Å². The molecule has 1 unspecified atom stereocenters. The standard InChI is InChI=1S/C16H33NO2/c1-3-4-5-6-7-8-9-10-11-12-13-14-15-16(2)17(18)19/h16H,3-15H2,1-2H3. The molecule has 114 valence electrons. The average Bonchev–Trinajstić information content (AvgIpc) is 2.39. The fourth-order valence-electron chi connectivity index (χ4n) is 2.39. The van der Waals surface area contributed by atoms with Crippen LogP contribution in [0.5, 0.6) is 0 Å². The van der Waals surface area contributed by atoms with Gasteiger partial charge in [-0.25, -0.2) is 0 Å². The van der Waals surface area contributed by atoms with E-state index in [-0.39, 0.29) is 11.0 Å². The van der Waals surface area contributed by atoms with Gasteiger partial charge in [0, 0.05) is 18.3 Å². The average molecular weight is 271 g/mol. The lowest BCUT2D eigenvalue weighted by atomic mass is 10.0. The predicted molar refractivity (Wildman–Crippen MR) is 82.2 cm³/mol. The molecule has 0 radical (unpaired) electrons. The highest BCUT2D eigenvalue weighted by Crippen LogP contribution is 2.13. The van der Waals surface area contributed by atoms with Gasteiger partial charge in [0.15, 0.2) is 0 Å². The highest BCUT2D eigenvalue weighted by Gasteiger charge is 2.10. The lowest BCUT2D eigenvalue weighted by molar-refractivity contribution is -0.519. The molecule has 0 aromatic rings. The van der Waals surface area contributed by atoms with Crippen LogP contribution in [0.15, 0.2) is 0 Å². The highest BCUT2D eigenvalue weighted by molar-refractivity contribution is 4.52. The summed E-state index contributed by atoms with van der Waals surface area (Å²) >= 11 is 0. The van der Waals surface area contributed by atoms with Crippen molar-refractivity contribution in [1.82, 2.24) is 0 Å². The van der Waals surface area contributed by atoms with Crippen molar-refractivity contribution in [1.29, 1.82) is 0 Å². The van der Waals surface area contributed by atoms with Crippen molar-refractivity contribution in [3.63, 3.8) is 0 Å². The second kappa shape index (κ2) is 13.8. The van der Waals surface area contributed by atoms with Crippen LogP contribution >= 0.6 is 0 Å². The first-order valence-electron chi connectivity index (χ1n) is 8.32. The first-order chi connectivity index (χ1) is 9.18. The highest BCUT2D eigenvalue weighted by atomic mass is 16.6. The Labute approximate surface area is 119 Å². The minimum atomic E-state index is -0.358. The summed E-state index contributed by atoms with van der Waals surface area (Å²) in [7, 11) is 0. The Balaban J connectivity index is 3.05. The lowest BCUT2D eigenvalue weighted by Gasteiger charge is -2.04. The number of hydrogen-bond donors (Lipinski definition) is 0. The van der Waals surface area contributed by atoms with E-state index >= 15 is 0 Å². The Morgan fingerprint density at radius 1 is 0.789 bits per heavy atom. The Kier molecular flexibility index (Phi) is 13.4. The zero-order valence-electron chi connectivity index (χ0n) is 13.0. The summed E-state index contributed by atoms with van der Waals surface area (Å²) < 4.78 is 0. The molecule has 0 aliphatic rings. The minimum absolute atomic E-state index is 0.168. The summed E-state index contributed by atoms with van der Waals surface area (Å²) in [5.74, 6) is 0. The van der Waals surface area contributed by atoms with Gasteiger partial charge in [-0.15, -0.1) is 0 Å². The van der Waals surface area contributed by atoms with Gasteiger partial charge in [0.1, 0.15) is 0 Å². The molecular weight excluding hydrogens is 238 g/mol. The second-order valence-electron chi connectivity index (χ2n) is 5.81. The number of nitro groups is 1. The molecule has 0 amide bonds. The summed E-state index contributed by atoms with van der Waals surface area (Å²) in [5, 5.41) is 10.4. The molecule has 0 aromatic heterocycles. The molecule has 0 aromatic carbocycles. The summed E-state index contributed by atoms with van der Waals surface area (Å²) in [4.78, 5) is 10.3. The SMILES string of the molecule is CCCCCCCCCCCCCCC(C)[N+](=O)[O-]. The molecule has 19 heavy (non-hydrogen) atoms. The predicted octanol–water partition coefficient (Wildman–Crippen LogP) is 5.74. The van der Waals surface area contributed by atoms with Crippen molar-refractivity contribution in [2.45, 2.75) is 103 Å². The molecule has 0 aliphatic heterocycles. The maximum Gasteiger partial charge on any atom is 0.210 e. The molecular formula is C16H33NO2.